The zero-order valence-corrected chi connectivity index (χ0v) is 7.64. The van der Waals surface area contributed by atoms with Crippen LogP contribution in [0.2, 0.25) is 0 Å². The number of nitrogens with zero attached hydrogens (tertiary/aromatic N) is 1. The lowest BCUT2D eigenvalue weighted by atomic mass is 10.0. The highest BCUT2D eigenvalue weighted by atomic mass is 16.3. The fourth-order valence-electron chi connectivity index (χ4n) is 1.40. The minimum atomic E-state index is 0.0406. The molecule has 1 N–H and O–H groups in total. The normalized spacial score (nSPS) is 10.1. The second kappa shape index (κ2) is 4.03. The van der Waals surface area contributed by atoms with E-state index < -0.39 is 0 Å². The molecule has 0 unspecified atom stereocenters. The van der Waals surface area contributed by atoms with Crippen molar-refractivity contribution in [2.45, 2.75) is 6.61 Å². The van der Waals surface area contributed by atoms with Crippen LogP contribution >= 0.6 is 0 Å². The van der Waals surface area contributed by atoms with E-state index in [0.717, 1.165) is 16.7 Å². The maximum Gasteiger partial charge on any atom is 0.0970 e. The minimum Gasteiger partial charge on any atom is -0.392 e. The SMILES string of the molecule is OCc1ccccc1-c1[c]nccc1. The topological polar surface area (TPSA) is 33.1 Å². The fraction of sp³-hybridized carbons (Fsp3) is 0.0833. The van der Waals surface area contributed by atoms with Gasteiger partial charge in [-0.3, -0.25) is 4.98 Å². The van der Waals surface area contributed by atoms with Crippen molar-refractivity contribution in [1.29, 1.82) is 0 Å². The van der Waals surface area contributed by atoms with Crippen LogP contribution in [0.25, 0.3) is 11.1 Å². The fourth-order valence-corrected chi connectivity index (χ4v) is 1.40. The van der Waals surface area contributed by atoms with Crippen molar-refractivity contribution in [1.82, 2.24) is 4.98 Å². The molecule has 0 aliphatic heterocycles. The second-order valence-corrected chi connectivity index (χ2v) is 2.98. The van der Waals surface area contributed by atoms with E-state index in [-0.39, 0.29) is 6.61 Å². The molecule has 0 amide bonds. The average Bonchev–Trinajstić information content (AvgIpc) is 2.30. The summed E-state index contributed by atoms with van der Waals surface area (Å²) in [6.07, 6.45) is 4.58. The van der Waals surface area contributed by atoms with Crippen LogP contribution in [0.1, 0.15) is 5.56 Å². The quantitative estimate of drug-likeness (QED) is 0.774. The van der Waals surface area contributed by atoms with Crippen LogP contribution < -0.4 is 0 Å². The molecule has 1 aromatic heterocycles. The Morgan fingerprint density at radius 1 is 1.14 bits per heavy atom. The molecule has 2 aromatic rings. The molecule has 0 atom stereocenters. The summed E-state index contributed by atoms with van der Waals surface area (Å²) in [5, 5.41) is 9.15. The molecule has 0 saturated carbocycles. The molecule has 2 heteroatoms. The Labute approximate surface area is 82.9 Å². The zero-order chi connectivity index (χ0) is 9.80. The van der Waals surface area contributed by atoms with Crippen LogP contribution in [0.3, 0.4) is 0 Å². The van der Waals surface area contributed by atoms with E-state index in [1.165, 1.54) is 0 Å². The molecule has 2 rings (SSSR count). The van der Waals surface area contributed by atoms with E-state index in [9.17, 15) is 0 Å². The third-order valence-corrected chi connectivity index (χ3v) is 2.09. The molecule has 0 bridgehead atoms. The van der Waals surface area contributed by atoms with Gasteiger partial charge in [0.15, 0.2) is 0 Å². The van der Waals surface area contributed by atoms with Crippen LogP contribution in [0.5, 0.6) is 0 Å². The number of rotatable bonds is 2. The Kier molecular flexibility index (Phi) is 2.56. The first-order chi connectivity index (χ1) is 6.92. The lowest BCUT2D eigenvalue weighted by Crippen LogP contribution is -1.89. The summed E-state index contributed by atoms with van der Waals surface area (Å²) < 4.78 is 0. The molecule has 0 fully saturated rings. The minimum absolute atomic E-state index is 0.0406. The van der Waals surface area contributed by atoms with Crippen molar-refractivity contribution >= 4 is 0 Å². The summed E-state index contributed by atoms with van der Waals surface area (Å²) in [7, 11) is 0. The van der Waals surface area contributed by atoms with Crippen molar-refractivity contribution in [2.24, 2.45) is 0 Å². The van der Waals surface area contributed by atoms with Gasteiger partial charge >= 0.3 is 0 Å². The number of hydrogen-bond acceptors (Lipinski definition) is 2. The highest BCUT2D eigenvalue weighted by molar-refractivity contribution is 5.65. The van der Waals surface area contributed by atoms with Gasteiger partial charge in [-0.1, -0.05) is 30.3 Å². The van der Waals surface area contributed by atoms with Gasteiger partial charge in [0.2, 0.25) is 0 Å². The number of hydrogen-bond donors (Lipinski definition) is 1. The number of aromatic nitrogens is 1. The molecule has 1 radical (unpaired) electrons. The Bertz CT molecular complexity index is 412. The third-order valence-electron chi connectivity index (χ3n) is 2.09. The molecule has 0 saturated heterocycles. The number of benzene rings is 1. The van der Waals surface area contributed by atoms with Gasteiger partial charge in [-0.05, 0) is 17.2 Å². The van der Waals surface area contributed by atoms with Gasteiger partial charge in [0.05, 0.1) is 12.8 Å². The number of aliphatic hydroxyl groups excluding tert-OH is 1. The lowest BCUT2D eigenvalue weighted by molar-refractivity contribution is 0.282. The maximum absolute atomic E-state index is 9.15. The van der Waals surface area contributed by atoms with Gasteiger partial charge in [-0.25, -0.2) is 0 Å². The Morgan fingerprint density at radius 2 is 2.00 bits per heavy atom. The van der Waals surface area contributed by atoms with Crippen molar-refractivity contribution < 1.29 is 5.11 Å². The average molecular weight is 184 g/mol. The van der Waals surface area contributed by atoms with Crippen molar-refractivity contribution in [2.75, 3.05) is 0 Å². The van der Waals surface area contributed by atoms with E-state index in [4.69, 9.17) is 5.11 Å². The van der Waals surface area contributed by atoms with Crippen LogP contribution in [0.4, 0.5) is 0 Å². The summed E-state index contributed by atoms with van der Waals surface area (Å²) in [6.45, 7) is 0.0406. The van der Waals surface area contributed by atoms with Crippen molar-refractivity contribution in [3.63, 3.8) is 0 Å². The number of aliphatic hydroxyl groups is 1. The zero-order valence-electron chi connectivity index (χ0n) is 7.64. The Morgan fingerprint density at radius 3 is 2.71 bits per heavy atom. The van der Waals surface area contributed by atoms with E-state index in [1.54, 1.807) is 6.20 Å². The van der Waals surface area contributed by atoms with Gasteiger partial charge in [0, 0.05) is 11.8 Å². The highest BCUT2D eigenvalue weighted by Gasteiger charge is 2.02. The maximum atomic E-state index is 9.15. The van der Waals surface area contributed by atoms with Crippen molar-refractivity contribution in [3.05, 3.63) is 54.4 Å². The summed E-state index contributed by atoms with van der Waals surface area (Å²) in [6, 6.07) is 11.5. The summed E-state index contributed by atoms with van der Waals surface area (Å²) >= 11 is 0. The molecule has 1 aromatic carbocycles. The van der Waals surface area contributed by atoms with Gasteiger partial charge in [-0.2, -0.15) is 0 Å². The van der Waals surface area contributed by atoms with Gasteiger partial charge in [0.1, 0.15) is 0 Å². The van der Waals surface area contributed by atoms with Crippen molar-refractivity contribution in [3.8, 4) is 11.1 Å². The number of pyridine rings is 1. The molecular formula is C12H10NO. The molecule has 14 heavy (non-hydrogen) atoms. The van der Waals surface area contributed by atoms with Crippen LogP contribution in [0, 0.1) is 6.20 Å². The predicted molar refractivity (Wildman–Crippen MR) is 54.4 cm³/mol. The molecule has 0 aliphatic rings. The van der Waals surface area contributed by atoms with E-state index in [2.05, 4.69) is 11.2 Å². The van der Waals surface area contributed by atoms with Gasteiger partial charge in [-0.15, -0.1) is 0 Å². The summed E-state index contributed by atoms with van der Waals surface area (Å²) in [5.41, 5.74) is 2.80. The predicted octanol–water partition coefficient (Wildman–Crippen LogP) is 2.04. The first kappa shape index (κ1) is 8.91. The summed E-state index contributed by atoms with van der Waals surface area (Å²) in [5.74, 6) is 0. The van der Waals surface area contributed by atoms with Crippen LogP contribution in [-0.2, 0) is 6.61 Å². The largest absolute Gasteiger partial charge is 0.392 e. The smallest absolute Gasteiger partial charge is 0.0970 e. The van der Waals surface area contributed by atoms with Gasteiger partial charge in [0.25, 0.3) is 0 Å². The molecule has 69 valence electrons. The molecule has 0 aliphatic carbocycles. The second-order valence-electron chi connectivity index (χ2n) is 2.98. The van der Waals surface area contributed by atoms with E-state index in [0.29, 0.717) is 0 Å². The monoisotopic (exact) mass is 184 g/mol. The lowest BCUT2D eigenvalue weighted by Gasteiger charge is -2.05. The molecule has 0 spiro atoms. The first-order valence-electron chi connectivity index (χ1n) is 4.43. The third kappa shape index (κ3) is 1.65. The van der Waals surface area contributed by atoms with Gasteiger partial charge < -0.3 is 5.11 Å². The van der Waals surface area contributed by atoms with E-state index in [1.807, 2.05) is 36.4 Å². The summed E-state index contributed by atoms with van der Waals surface area (Å²) in [4.78, 5) is 3.93. The standard InChI is InChI=1S/C12H10NO/c14-9-11-4-1-2-6-12(11)10-5-3-7-13-8-10/h1-7,14H,9H2. The molecule has 2 nitrogen and oxygen atoms in total. The Hall–Kier alpha value is -1.67. The Balaban J connectivity index is 2.51. The first-order valence-corrected chi connectivity index (χ1v) is 4.43. The van der Waals surface area contributed by atoms with Crippen LogP contribution in [0.15, 0.2) is 42.6 Å². The molecule has 1 heterocycles. The van der Waals surface area contributed by atoms with E-state index >= 15 is 0 Å². The van der Waals surface area contributed by atoms with Crippen LogP contribution in [-0.4, -0.2) is 10.1 Å². The molecular weight excluding hydrogens is 174 g/mol. The highest BCUT2D eigenvalue weighted by Crippen LogP contribution is 2.21.